The van der Waals surface area contributed by atoms with Gasteiger partial charge >= 0.3 is 0 Å². The molecule has 138 valence electrons. The lowest BCUT2D eigenvalue weighted by atomic mass is 9.95. The van der Waals surface area contributed by atoms with Crippen molar-refractivity contribution in [2.45, 2.75) is 45.6 Å². The zero-order valence-electron chi connectivity index (χ0n) is 16.1. The van der Waals surface area contributed by atoms with Crippen LogP contribution in [-0.4, -0.2) is 23.9 Å². The Balaban J connectivity index is 1.78. The van der Waals surface area contributed by atoms with Crippen molar-refractivity contribution in [2.75, 3.05) is 18.4 Å². The molecular formula is C23H30N2O. The molecule has 26 heavy (non-hydrogen) atoms. The van der Waals surface area contributed by atoms with Gasteiger partial charge in [0.15, 0.2) is 0 Å². The van der Waals surface area contributed by atoms with E-state index in [4.69, 9.17) is 0 Å². The maximum absolute atomic E-state index is 13.2. The first-order valence-electron chi connectivity index (χ1n) is 9.74. The van der Waals surface area contributed by atoms with Gasteiger partial charge in [0.1, 0.15) is 6.04 Å². The van der Waals surface area contributed by atoms with Crippen molar-refractivity contribution in [3.05, 3.63) is 65.7 Å². The number of likely N-dealkylation sites (tertiary alicyclic amines) is 1. The molecular weight excluding hydrogens is 320 g/mol. The molecule has 1 amide bonds. The van der Waals surface area contributed by atoms with Gasteiger partial charge in [-0.15, -0.1) is 0 Å². The smallest absolute Gasteiger partial charge is 0.246 e. The summed E-state index contributed by atoms with van der Waals surface area (Å²) in [7, 11) is 0. The van der Waals surface area contributed by atoms with E-state index in [0.717, 1.165) is 43.1 Å². The number of hydrogen-bond donors (Lipinski definition) is 1. The Hall–Kier alpha value is -2.13. The summed E-state index contributed by atoms with van der Waals surface area (Å²) in [6, 6.07) is 18.1. The van der Waals surface area contributed by atoms with E-state index in [-0.39, 0.29) is 11.9 Å². The molecule has 0 aliphatic carbocycles. The molecule has 1 heterocycles. The largest absolute Gasteiger partial charge is 0.324 e. The molecule has 1 unspecified atom stereocenters. The molecule has 3 rings (SSSR count). The number of benzene rings is 2. The van der Waals surface area contributed by atoms with Crippen LogP contribution in [-0.2, 0) is 4.79 Å². The van der Waals surface area contributed by atoms with E-state index in [9.17, 15) is 4.79 Å². The van der Waals surface area contributed by atoms with Crippen molar-refractivity contribution in [1.82, 2.24) is 4.90 Å². The monoisotopic (exact) mass is 350 g/mol. The van der Waals surface area contributed by atoms with Crippen molar-refractivity contribution in [3.63, 3.8) is 0 Å². The van der Waals surface area contributed by atoms with Crippen LogP contribution in [0.1, 0.15) is 56.7 Å². The van der Waals surface area contributed by atoms with E-state index in [0.29, 0.717) is 5.92 Å². The van der Waals surface area contributed by atoms with Gasteiger partial charge in [0, 0.05) is 5.69 Å². The average molecular weight is 351 g/mol. The predicted molar refractivity (Wildman–Crippen MR) is 108 cm³/mol. The van der Waals surface area contributed by atoms with Gasteiger partial charge < -0.3 is 5.32 Å². The zero-order valence-corrected chi connectivity index (χ0v) is 16.1. The summed E-state index contributed by atoms with van der Waals surface area (Å²) in [5.41, 5.74) is 3.22. The molecule has 0 bridgehead atoms. The predicted octanol–water partition coefficient (Wildman–Crippen LogP) is 5.22. The van der Waals surface area contributed by atoms with E-state index in [1.165, 1.54) is 5.56 Å². The van der Waals surface area contributed by atoms with Gasteiger partial charge in [0.05, 0.1) is 0 Å². The van der Waals surface area contributed by atoms with Crippen LogP contribution in [0.4, 0.5) is 5.69 Å². The molecule has 3 nitrogen and oxygen atoms in total. The Bertz CT molecular complexity index is 701. The van der Waals surface area contributed by atoms with Gasteiger partial charge in [-0.05, 0) is 61.0 Å². The molecule has 2 aromatic carbocycles. The highest BCUT2D eigenvalue weighted by molar-refractivity contribution is 5.95. The summed E-state index contributed by atoms with van der Waals surface area (Å²) in [6.07, 6.45) is 2.30. The Morgan fingerprint density at radius 3 is 2.15 bits per heavy atom. The molecule has 1 aliphatic rings. The number of carbonyl (C=O) groups is 1. The quantitative estimate of drug-likeness (QED) is 0.801. The van der Waals surface area contributed by atoms with Crippen molar-refractivity contribution >= 4 is 11.6 Å². The molecule has 1 saturated heterocycles. The number of carbonyl (C=O) groups excluding carboxylic acids is 1. The van der Waals surface area contributed by atoms with E-state index in [1.807, 2.05) is 30.3 Å². The summed E-state index contributed by atoms with van der Waals surface area (Å²) in [5.74, 6) is 1.30. The zero-order chi connectivity index (χ0) is 18.5. The lowest BCUT2D eigenvalue weighted by Crippen LogP contribution is -2.41. The van der Waals surface area contributed by atoms with Crippen LogP contribution < -0.4 is 5.32 Å². The molecule has 0 spiro atoms. The third-order valence-electron chi connectivity index (χ3n) is 5.39. The summed E-state index contributed by atoms with van der Waals surface area (Å²) >= 11 is 0. The third-order valence-corrected chi connectivity index (χ3v) is 5.39. The van der Waals surface area contributed by atoms with Gasteiger partial charge in [0.2, 0.25) is 5.91 Å². The standard InChI is InChI=1S/C23H30N2O/c1-17(2)19-9-11-21(12-10-19)24-23(26)22(20-7-5-4-6-8-20)25-15-13-18(3)14-16-25/h4-12,17-18,22H,13-16H2,1-3H3,(H,24,26). The first-order chi connectivity index (χ1) is 12.5. The third kappa shape index (κ3) is 4.53. The Morgan fingerprint density at radius 2 is 1.58 bits per heavy atom. The van der Waals surface area contributed by atoms with Crippen LogP contribution in [0.5, 0.6) is 0 Å². The molecule has 1 N–H and O–H groups in total. The minimum atomic E-state index is -0.228. The maximum atomic E-state index is 13.2. The van der Waals surface area contributed by atoms with Gasteiger partial charge in [-0.1, -0.05) is 63.2 Å². The van der Waals surface area contributed by atoms with Crippen LogP contribution in [0.3, 0.4) is 0 Å². The highest BCUT2D eigenvalue weighted by atomic mass is 16.2. The van der Waals surface area contributed by atoms with Gasteiger partial charge in [-0.25, -0.2) is 0 Å². The number of anilines is 1. The molecule has 0 aromatic heterocycles. The number of hydrogen-bond acceptors (Lipinski definition) is 2. The van der Waals surface area contributed by atoms with Crippen LogP contribution in [0.15, 0.2) is 54.6 Å². The molecule has 3 heteroatoms. The fourth-order valence-corrected chi connectivity index (χ4v) is 3.61. The first kappa shape index (κ1) is 18.7. The van der Waals surface area contributed by atoms with Crippen molar-refractivity contribution < 1.29 is 4.79 Å². The molecule has 0 radical (unpaired) electrons. The van der Waals surface area contributed by atoms with Gasteiger partial charge in [0.25, 0.3) is 0 Å². The normalized spacial score (nSPS) is 17.2. The number of amides is 1. The molecule has 2 aromatic rings. The van der Waals surface area contributed by atoms with E-state index < -0.39 is 0 Å². The van der Waals surface area contributed by atoms with Gasteiger partial charge in [-0.2, -0.15) is 0 Å². The molecule has 1 atom stereocenters. The van der Waals surface area contributed by atoms with E-state index in [1.54, 1.807) is 0 Å². The summed E-state index contributed by atoms with van der Waals surface area (Å²) < 4.78 is 0. The molecule has 0 saturated carbocycles. The fourth-order valence-electron chi connectivity index (χ4n) is 3.61. The second-order valence-electron chi connectivity index (χ2n) is 7.80. The van der Waals surface area contributed by atoms with Crippen molar-refractivity contribution in [2.24, 2.45) is 5.92 Å². The first-order valence-corrected chi connectivity index (χ1v) is 9.74. The Kier molecular flexibility index (Phi) is 6.10. The number of rotatable bonds is 5. The average Bonchev–Trinajstić information content (AvgIpc) is 2.65. The summed E-state index contributed by atoms with van der Waals surface area (Å²) in [4.78, 5) is 15.5. The van der Waals surface area contributed by atoms with Crippen LogP contribution in [0.25, 0.3) is 0 Å². The fraction of sp³-hybridized carbons (Fsp3) is 0.435. The second kappa shape index (κ2) is 8.50. The molecule has 1 fully saturated rings. The van der Waals surface area contributed by atoms with Crippen LogP contribution >= 0.6 is 0 Å². The van der Waals surface area contributed by atoms with E-state index >= 15 is 0 Å². The lowest BCUT2D eigenvalue weighted by Gasteiger charge is -2.36. The number of piperidine rings is 1. The number of nitrogens with zero attached hydrogens (tertiary/aromatic N) is 1. The lowest BCUT2D eigenvalue weighted by molar-refractivity contribution is -0.122. The maximum Gasteiger partial charge on any atom is 0.246 e. The highest BCUT2D eigenvalue weighted by Gasteiger charge is 2.30. The minimum Gasteiger partial charge on any atom is -0.324 e. The number of nitrogens with one attached hydrogen (secondary N) is 1. The van der Waals surface area contributed by atoms with Gasteiger partial charge in [-0.3, -0.25) is 9.69 Å². The SMILES string of the molecule is CC1CCN(C(C(=O)Nc2ccc(C(C)C)cc2)c2ccccc2)CC1. The van der Waals surface area contributed by atoms with E-state index in [2.05, 4.69) is 55.3 Å². The van der Waals surface area contributed by atoms with Crippen molar-refractivity contribution in [3.8, 4) is 0 Å². The van der Waals surface area contributed by atoms with Crippen LogP contribution in [0.2, 0.25) is 0 Å². The topological polar surface area (TPSA) is 32.3 Å². The highest BCUT2D eigenvalue weighted by Crippen LogP contribution is 2.28. The molecule has 1 aliphatic heterocycles. The summed E-state index contributed by atoms with van der Waals surface area (Å²) in [6.45, 7) is 8.60. The Morgan fingerprint density at radius 1 is 0.962 bits per heavy atom. The second-order valence-corrected chi connectivity index (χ2v) is 7.80. The van der Waals surface area contributed by atoms with Crippen molar-refractivity contribution in [1.29, 1.82) is 0 Å². The minimum absolute atomic E-state index is 0.0584. The summed E-state index contributed by atoms with van der Waals surface area (Å²) in [5, 5.41) is 3.13. The van der Waals surface area contributed by atoms with Crippen LogP contribution in [0, 0.1) is 5.92 Å². The Labute approximate surface area is 157 Å².